The van der Waals surface area contributed by atoms with Crippen LogP contribution in [0.4, 0.5) is 5.69 Å². The number of aromatic carboxylic acids is 1. The van der Waals surface area contributed by atoms with Crippen molar-refractivity contribution in [1.29, 1.82) is 0 Å². The molecule has 0 spiro atoms. The number of carboxylic acid groups (broad SMARTS) is 1. The molecule has 5 heteroatoms. The van der Waals surface area contributed by atoms with Gasteiger partial charge in [0, 0.05) is 22.0 Å². The summed E-state index contributed by atoms with van der Waals surface area (Å²) in [5.74, 6) is -1.27. The number of amides is 1. The summed E-state index contributed by atoms with van der Waals surface area (Å²) < 4.78 is 5.75. The van der Waals surface area contributed by atoms with Gasteiger partial charge in [-0.3, -0.25) is 4.79 Å². The molecule has 1 amide bonds. The summed E-state index contributed by atoms with van der Waals surface area (Å²) in [6, 6.07) is 19.0. The molecule has 0 radical (unpaired) electrons. The molecule has 4 aromatic rings. The number of para-hydroxylation sites is 1. The Balaban J connectivity index is 1.65. The van der Waals surface area contributed by atoms with Gasteiger partial charge in [0.15, 0.2) is 0 Å². The second kappa shape index (κ2) is 5.79. The van der Waals surface area contributed by atoms with Crippen LogP contribution in [0.5, 0.6) is 0 Å². The molecular weight excluding hydrogens is 318 g/mol. The van der Waals surface area contributed by atoms with Crippen molar-refractivity contribution in [2.75, 3.05) is 5.32 Å². The summed E-state index contributed by atoms with van der Waals surface area (Å²) >= 11 is 0. The molecule has 0 aliphatic heterocycles. The highest BCUT2D eigenvalue weighted by Crippen LogP contribution is 2.29. The van der Waals surface area contributed by atoms with E-state index in [4.69, 9.17) is 9.52 Å². The molecule has 4 rings (SSSR count). The predicted octanol–water partition coefficient (Wildman–Crippen LogP) is 4.54. The molecule has 122 valence electrons. The number of hydrogen-bond donors (Lipinski definition) is 2. The van der Waals surface area contributed by atoms with Gasteiger partial charge in [0.25, 0.3) is 5.91 Å². The molecule has 2 N–H and O–H groups in total. The highest BCUT2D eigenvalue weighted by molar-refractivity contribution is 6.11. The number of fused-ring (bicyclic) bond motifs is 3. The van der Waals surface area contributed by atoms with E-state index in [1.807, 2.05) is 24.3 Å². The first-order valence-electron chi connectivity index (χ1n) is 7.68. The third-order valence-electron chi connectivity index (χ3n) is 4.03. The van der Waals surface area contributed by atoms with Gasteiger partial charge in [0.1, 0.15) is 11.2 Å². The fraction of sp³-hybridized carbons (Fsp3) is 0. The molecule has 0 unspecified atom stereocenters. The molecular formula is C20H13NO4. The number of anilines is 1. The van der Waals surface area contributed by atoms with E-state index < -0.39 is 5.97 Å². The van der Waals surface area contributed by atoms with Crippen molar-refractivity contribution in [3.05, 3.63) is 77.9 Å². The van der Waals surface area contributed by atoms with Gasteiger partial charge < -0.3 is 14.8 Å². The lowest BCUT2D eigenvalue weighted by atomic mass is 10.1. The maximum absolute atomic E-state index is 12.5. The Bertz CT molecular complexity index is 1110. The molecule has 1 heterocycles. The average Bonchev–Trinajstić information content (AvgIpc) is 3.00. The lowest BCUT2D eigenvalue weighted by molar-refractivity contribution is 0.0696. The second-order valence-electron chi connectivity index (χ2n) is 5.65. The lowest BCUT2D eigenvalue weighted by Crippen LogP contribution is -2.11. The Hall–Kier alpha value is -3.60. The Labute approximate surface area is 142 Å². The van der Waals surface area contributed by atoms with Crippen LogP contribution in [0.15, 0.2) is 71.1 Å². The van der Waals surface area contributed by atoms with Gasteiger partial charge in [-0.1, -0.05) is 18.2 Å². The van der Waals surface area contributed by atoms with Gasteiger partial charge in [-0.25, -0.2) is 4.79 Å². The van der Waals surface area contributed by atoms with Gasteiger partial charge >= 0.3 is 5.97 Å². The summed E-state index contributed by atoms with van der Waals surface area (Å²) in [4.78, 5) is 23.3. The van der Waals surface area contributed by atoms with Crippen LogP contribution >= 0.6 is 0 Å². The van der Waals surface area contributed by atoms with E-state index in [-0.39, 0.29) is 11.5 Å². The molecule has 3 aromatic carbocycles. The number of carboxylic acids is 1. The van der Waals surface area contributed by atoms with Crippen molar-refractivity contribution in [2.45, 2.75) is 0 Å². The molecule has 5 nitrogen and oxygen atoms in total. The van der Waals surface area contributed by atoms with Crippen molar-refractivity contribution in [3.8, 4) is 0 Å². The lowest BCUT2D eigenvalue weighted by Gasteiger charge is -2.06. The highest BCUT2D eigenvalue weighted by Gasteiger charge is 2.12. The van der Waals surface area contributed by atoms with E-state index in [0.29, 0.717) is 11.3 Å². The van der Waals surface area contributed by atoms with Crippen LogP contribution in [0.25, 0.3) is 21.9 Å². The summed E-state index contributed by atoms with van der Waals surface area (Å²) in [5.41, 5.74) is 2.71. The van der Waals surface area contributed by atoms with Crippen molar-refractivity contribution in [3.63, 3.8) is 0 Å². The Morgan fingerprint density at radius 3 is 2.24 bits per heavy atom. The SMILES string of the molecule is O=C(O)c1ccc(NC(=O)c2ccc3oc4ccccc4c3c2)cc1. The highest BCUT2D eigenvalue weighted by atomic mass is 16.4. The van der Waals surface area contributed by atoms with Crippen LogP contribution in [0, 0.1) is 0 Å². The summed E-state index contributed by atoms with van der Waals surface area (Å²) in [5, 5.41) is 13.5. The molecule has 0 saturated heterocycles. The Morgan fingerprint density at radius 2 is 1.48 bits per heavy atom. The first-order valence-corrected chi connectivity index (χ1v) is 7.68. The van der Waals surface area contributed by atoms with Crippen molar-refractivity contribution in [2.24, 2.45) is 0 Å². The number of nitrogens with one attached hydrogen (secondary N) is 1. The summed E-state index contributed by atoms with van der Waals surface area (Å²) in [6.07, 6.45) is 0. The zero-order valence-corrected chi connectivity index (χ0v) is 13.0. The van der Waals surface area contributed by atoms with Gasteiger partial charge in [0.05, 0.1) is 5.56 Å². The predicted molar refractivity (Wildman–Crippen MR) is 95.1 cm³/mol. The number of benzene rings is 3. The van der Waals surface area contributed by atoms with Crippen LogP contribution in [0.1, 0.15) is 20.7 Å². The van der Waals surface area contributed by atoms with Crippen LogP contribution in [0.2, 0.25) is 0 Å². The first kappa shape index (κ1) is 15.0. The number of carbonyl (C=O) groups is 2. The molecule has 0 bridgehead atoms. The van der Waals surface area contributed by atoms with Crippen LogP contribution in [0.3, 0.4) is 0 Å². The molecule has 0 atom stereocenters. The van der Waals surface area contributed by atoms with E-state index in [1.54, 1.807) is 30.3 Å². The topological polar surface area (TPSA) is 79.5 Å². The zero-order valence-electron chi connectivity index (χ0n) is 13.0. The van der Waals surface area contributed by atoms with E-state index in [2.05, 4.69) is 5.32 Å². The van der Waals surface area contributed by atoms with Gasteiger partial charge in [-0.05, 0) is 48.5 Å². The maximum Gasteiger partial charge on any atom is 0.335 e. The number of hydrogen-bond acceptors (Lipinski definition) is 3. The fourth-order valence-electron chi connectivity index (χ4n) is 2.77. The van der Waals surface area contributed by atoms with Crippen molar-refractivity contribution < 1.29 is 19.1 Å². The van der Waals surface area contributed by atoms with Crippen LogP contribution < -0.4 is 5.32 Å². The third-order valence-corrected chi connectivity index (χ3v) is 4.03. The largest absolute Gasteiger partial charge is 0.478 e. The second-order valence-corrected chi connectivity index (χ2v) is 5.65. The van der Waals surface area contributed by atoms with Crippen molar-refractivity contribution >= 4 is 39.5 Å². The average molecular weight is 331 g/mol. The molecule has 0 saturated carbocycles. The Morgan fingerprint density at radius 1 is 0.800 bits per heavy atom. The van der Waals surface area contributed by atoms with Gasteiger partial charge in [-0.15, -0.1) is 0 Å². The van der Waals surface area contributed by atoms with E-state index in [0.717, 1.165) is 21.9 Å². The normalized spacial score (nSPS) is 10.9. The van der Waals surface area contributed by atoms with E-state index in [1.165, 1.54) is 12.1 Å². The monoisotopic (exact) mass is 331 g/mol. The standard InChI is InChI=1S/C20H13NO4/c22-19(21-14-8-5-12(6-9-14)20(23)24)13-7-10-18-16(11-13)15-3-1-2-4-17(15)25-18/h1-11H,(H,21,22)(H,23,24). The number of rotatable bonds is 3. The molecule has 1 aromatic heterocycles. The number of carbonyl (C=O) groups excluding carboxylic acids is 1. The summed E-state index contributed by atoms with van der Waals surface area (Å²) in [7, 11) is 0. The van der Waals surface area contributed by atoms with E-state index in [9.17, 15) is 9.59 Å². The fourth-order valence-corrected chi connectivity index (χ4v) is 2.77. The van der Waals surface area contributed by atoms with E-state index >= 15 is 0 Å². The van der Waals surface area contributed by atoms with Crippen molar-refractivity contribution in [1.82, 2.24) is 0 Å². The molecule has 0 fully saturated rings. The van der Waals surface area contributed by atoms with Crippen LogP contribution in [-0.4, -0.2) is 17.0 Å². The Kier molecular flexibility index (Phi) is 3.47. The van der Waals surface area contributed by atoms with Gasteiger partial charge in [0.2, 0.25) is 0 Å². The third kappa shape index (κ3) is 2.72. The van der Waals surface area contributed by atoms with Gasteiger partial charge in [-0.2, -0.15) is 0 Å². The van der Waals surface area contributed by atoms with Crippen LogP contribution in [-0.2, 0) is 0 Å². The molecule has 0 aliphatic carbocycles. The molecule has 25 heavy (non-hydrogen) atoms. The minimum absolute atomic E-state index is 0.171. The summed E-state index contributed by atoms with van der Waals surface area (Å²) in [6.45, 7) is 0. The minimum atomic E-state index is -1.00. The number of furan rings is 1. The molecule has 0 aliphatic rings. The first-order chi connectivity index (χ1) is 12.1. The quantitative estimate of drug-likeness (QED) is 0.578. The maximum atomic E-state index is 12.5. The smallest absolute Gasteiger partial charge is 0.335 e. The minimum Gasteiger partial charge on any atom is -0.478 e. The zero-order chi connectivity index (χ0) is 17.4.